The zero-order valence-electron chi connectivity index (χ0n) is 50.0. The first kappa shape index (κ1) is 74.2. The highest BCUT2D eigenvalue weighted by atomic mass is 32.2. The van der Waals surface area contributed by atoms with Crippen molar-refractivity contribution in [3.05, 3.63) is 108 Å². The molecule has 0 aliphatic carbocycles. The Bertz CT molecular complexity index is 3620. The van der Waals surface area contributed by atoms with Crippen LogP contribution in [0.5, 0.6) is 0 Å². The highest BCUT2D eigenvalue weighted by Crippen LogP contribution is 2.31. The van der Waals surface area contributed by atoms with Crippen LogP contribution in [0.25, 0.3) is 30.6 Å². The number of hydrogen-bond acceptors (Lipinski definition) is 24. The smallest absolute Gasteiger partial charge is 0.289 e. The van der Waals surface area contributed by atoms with Crippen molar-refractivity contribution in [2.24, 2.45) is 17.8 Å². The van der Waals surface area contributed by atoms with Gasteiger partial charge in [-0.3, -0.25) is 14.4 Å². The number of anilines is 6. The predicted octanol–water partition coefficient (Wildman–Crippen LogP) is 11.5. The van der Waals surface area contributed by atoms with E-state index < -0.39 is 5.76 Å². The Hall–Kier alpha value is -6.26. The molecule has 3 atom stereocenters. The first-order valence-corrected chi connectivity index (χ1v) is 31.6. The molecule has 0 spiro atoms. The molecular formula is C56H74F2N18O3S9. The van der Waals surface area contributed by atoms with Gasteiger partial charge in [-0.2, -0.15) is 49.3 Å². The molecular weight excluding hydrogens is 1300 g/mol. The summed E-state index contributed by atoms with van der Waals surface area (Å²) < 4.78 is 27.6. The number of benzene rings is 3. The molecule has 0 aliphatic rings. The molecule has 6 heterocycles. The maximum absolute atomic E-state index is 12.3. The molecule has 474 valence electrons. The Labute approximate surface area is 557 Å². The van der Waals surface area contributed by atoms with E-state index in [4.69, 9.17) is 0 Å². The third-order valence-corrected chi connectivity index (χ3v) is 16.6. The Balaban J connectivity index is 0.000000278. The van der Waals surface area contributed by atoms with E-state index >= 15 is 0 Å². The second-order valence-corrected chi connectivity index (χ2v) is 25.7. The molecule has 0 fully saturated rings. The summed E-state index contributed by atoms with van der Waals surface area (Å²) in [6, 6.07) is 16.7. The molecule has 0 bridgehead atoms. The molecule has 0 aliphatic heterocycles. The lowest BCUT2D eigenvalue weighted by Crippen LogP contribution is -2.21. The number of rotatable bonds is 24. The molecule has 0 saturated carbocycles. The van der Waals surface area contributed by atoms with Gasteiger partial charge in [-0.25, -0.2) is 44.9 Å². The van der Waals surface area contributed by atoms with Crippen molar-refractivity contribution >= 4 is 192 Å². The number of fused-ring (bicyclic) bond motifs is 3. The van der Waals surface area contributed by atoms with E-state index in [2.05, 4.69) is 110 Å². The summed E-state index contributed by atoms with van der Waals surface area (Å²) in [5.74, 6) is 0.0538. The van der Waals surface area contributed by atoms with Gasteiger partial charge in [0.2, 0.25) is 17.8 Å². The second-order valence-electron chi connectivity index (χ2n) is 20.1. The summed E-state index contributed by atoms with van der Waals surface area (Å²) in [5, 5.41) is 22.1. The number of thiol groups is 1. The van der Waals surface area contributed by atoms with Crippen LogP contribution in [0, 0.1) is 17.8 Å². The molecule has 3 aromatic carbocycles. The number of aromatic nitrogens is 9. The van der Waals surface area contributed by atoms with E-state index in [0.29, 0.717) is 76.1 Å². The minimum atomic E-state index is -2.49. The number of nitrogens with one attached hydrogen (secondary N) is 6. The fraction of sp³-hybridized carbons (Fsp3) is 0.357. The first-order valence-electron chi connectivity index (χ1n) is 26.6. The van der Waals surface area contributed by atoms with Crippen LogP contribution in [0.15, 0.2) is 106 Å². The SMILES string of the molecule is CSc1cnc(NC[C@H](C)CNc2nc3ccc(C(=O)N(C)C)cc3s2)nc1.C[C@@H](CNc1ncc(S)cn1)CNc1nc2ccc(C(=O)N(C)C)cc2s1.C[C@@H](CNc1ncc(SC(F)F)cn1)CNc1nc2ccc(C(=O)N(C)C)cc2s1.S.S.S. The fourth-order valence-electron chi connectivity index (χ4n) is 7.47. The molecule has 6 aromatic heterocycles. The molecule has 32 heteroatoms. The van der Waals surface area contributed by atoms with Gasteiger partial charge in [0, 0.05) is 150 Å². The maximum atomic E-state index is 12.3. The molecule has 0 saturated heterocycles. The van der Waals surface area contributed by atoms with Crippen molar-refractivity contribution in [3.63, 3.8) is 0 Å². The van der Waals surface area contributed by atoms with Gasteiger partial charge in [0.15, 0.2) is 15.4 Å². The zero-order valence-corrected chi connectivity index (χ0v) is 58.0. The van der Waals surface area contributed by atoms with E-state index in [1.54, 1.807) is 110 Å². The van der Waals surface area contributed by atoms with Gasteiger partial charge in [0.25, 0.3) is 23.5 Å². The zero-order chi connectivity index (χ0) is 61.2. The molecule has 9 rings (SSSR count). The second kappa shape index (κ2) is 36.4. The van der Waals surface area contributed by atoms with Gasteiger partial charge in [0.1, 0.15) is 0 Å². The lowest BCUT2D eigenvalue weighted by atomic mass is 10.2. The van der Waals surface area contributed by atoms with Crippen LogP contribution >= 0.6 is 111 Å². The highest BCUT2D eigenvalue weighted by molar-refractivity contribution is 7.99. The quantitative estimate of drug-likeness (QED) is 0.0219. The van der Waals surface area contributed by atoms with Crippen LogP contribution < -0.4 is 31.9 Å². The van der Waals surface area contributed by atoms with Gasteiger partial charge >= 0.3 is 0 Å². The van der Waals surface area contributed by atoms with E-state index in [-0.39, 0.29) is 64.1 Å². The number of hydrogen-bond donors (Lipinski definition) is 7. The van der Waals surface area contributed by atoms with Crippen LogP contribution in [0.4, 0.5) is 42.0 Å². The summed E-state index contributed by atoms with van der Waals surface area (Å²) in [7, 11) is 10.5. The fourth-order valence-corrected chi connectivity index (χ4v) is 11.1. The Morgan fingerprint density at radius 2 is 0.761 bits per heavy atom. The molecule has 3 amide bonds. The summed E-state index contributed by atoms with van der Waals surface area (Å²) in [5.41, 5.74) is 4.63. The summed E-state index contributed by atoms with van der Waals surface area (Å²) in [6.45, 7) is 10.7. The highest BCUT2D eigenvalue weighted by Gasteiger charge is 2.16. The van der Waals surface area contributed by atoms with E-state index in [1.807, 2.05) is 67.2 Å². The van der Waals surface area contributed by atoms with Crippen LogP contribution in [0.2, 0.25) is 0 Å². The molecule has 21 nitrogen and oxygen atoms in total. The Morgan fingerprint density at radius 1 is 0.477 bits per heavy atom. The number of nitrogens with zero attached hydrogens (tertiary/aromatic N) is 12. The molecule has 88 heavy (non-hydrogen) atoms. The van der Waals surface area contributed by atoms with Crippen LogP contribution in [-0.4, -0.2) is 171 Å². The molecule has 6 N–H and O–H groups in total. The molecule has 0 radical (unpaired) electrons. The standard InChI is InChI=1S/C19H22F2N6OS2.C19H24N6OS2.C18H22N6OS2.3H2S/c1-11(7-22-18-23-9-13(10-24-18)29-17(20)21)8-25-19-26-14-5-4-12(6-15(14)30-19)16(28)27(2)3;1-12(8-20-18-21-10-14(27-4)11-22-18)9-23-19-24-15-6-5-13(7-16(15)28-19)17(26)25(2)3;1-11(7-19-17-20-9-13(26)10-21-17)8-22-18-23-14-5-4-12(6-15(14)27-18)16(25)24(2)3;;;/h4-6,9-11,17H,7-8H2,1-3H3,(H,25,26)(H,22,23,24);5-7,10-12H,8-9H2,1-4H3,(H,23,24)(H,20,21,22);4-6,9-11,26H,7-8H2,1-3H3,(H,22,23)(H,19,20,21);3*1H2/t11-;12-;11-;;;/m000.../s1. The minimum absolute atomic E-state index is 0. The van der Waals surface area contributed by atoms with Crippen molar-refractivity contribution < 1.29 is 23.2 Å². The Kier molecular flexibility index (Phi) is 30.7. The Morgan fingerprint density at radius 3 is 1.05 bits per heavy atom. The summed E-state index contributed by atoms with van der Waals surface area (Å²) in [6.07, 6.45) is 11.7. The van der Waals surface area contributed by atoms with Crippen molar-refractivity contribution in [2.45, 2.75) is 41.2 Å². The van der Waals surface area contributed by atoms with Crippen LogP contribution in [0.1, 0.15) is 51.8 Å². The third-order valence-electron chi connectivity index (χ3n) is 12.1. The van der Waals surface area contributed by atoms with Gasteiger partial charge in [-0.05, 0) is 78.6 Å². The maximum Gasteiger partial charge on any atom is 0.289 e. The van der Waals surface area contributed by atoms with Gasteiger partial charge in [-0.15, -0.1) is 24.4 Å². The number of carbonyl (C=O) groups excluding carboxylic acids is 3. The van der Waals surface area contributed by atoms with E-state index in [9.17, 15) is 23.2 Å². The monoisotopic (exact) mass is 1370 g/mol. The first-order chi connectivity index (χ1) is 40.7. The summed E-state index contributed by atoms with van der Waals surface area (Å²) >= 11 is 10.8. The average molecular weight is 1370 g/mol. The predicted molar refractivity (Wildman–Crippen MR) is 379 cm³/mol. The largest absolute Gasteiger partial charge is 0.361 e. The number of halogens is 2. The van der Waals surface area contributed by atoms with Crippen molar-refractivity contribution in [3.8, 4) is 0 Å². The third kappa shape index (κ3) is 23.0. The molecule has 0 unspecified atom stereocenters. The topological polar surface area (TPSA) is 249 Å². The van der Waals surface area contributed by atoms with Gasteiger partial charge in [-0.1, -0.05) is 66.5 Å². The number of carbonyl (C=O) groups is 3. The average Bonchev–Trinajstić information content (AvgIpc) is 2.05. The number of amides is 3. The van der Waals surface area contributed by atoms with Crippen molar-refractivity contribution in [2.75, 3.05) is 120 Å². The normalized spacial score (nSPS) is 11.7. The summed E-state index contributed by atoms with van der Waals surface area (Å²) in [4.78, 5) is 81.9. The van der Waals surface area contributed by atoms with E-state index in [1.165, 1.54) is 23.7 Å². The number of thioether (sulfide) groups is 2. The lowest BCUT2D eigenvalue weighted by Gasteiger charge is -2.13. The van der Waals surface area contributed by atoms with Crippen molar-refractivity contribution in [1.82, 2.24) is 59.6 Å². The number of thiazole rings is 3. The van der Waals surface area contributed by atoms with Crippen LogP contribution in [0.3, 0.4) is 0 Å². The lowest BCUT2D eigenvalue weighted by molar-refractivity contribution is 0.0820. The molecule has 9 aromatic rings. The van der Waals surface area contributed by atoms with Gasteiger partial charge < -0.3 is 46.6 Å². The van der Waals surface area contributed by atoms with Gasteiger partial charge in [0.05, 0.1) is 30.6 Å². The van der Waals surface area contributed by atoms with Crippen LogP contribution in [-0.2, 0) is 0 Å². The van der Waals surface area contributed by atoms with Crippen molar-refractivity contribution in [1.29, 1.82) is 0 Å². The minimum Gasteiger partial charge on any atom is -0.361 e. The van der Waals surface area contributed by atoms with E-state index in [0.717, 1.165) is 82.0 Å². The number of alkyl halides is 2.